The lowest BCUT2D eigenvalue weighted by molar-refractivity contribution is -0.119. The lowest BCUT2D eigenvalue weighted by atomic mass is 10.0. The quantitative estimate of drug-likeness (QED) is 0.578. The first-order chi connectivity index (χ1) is 14.9. The number of hydrogen-bond acceptors (Lipinski definition) is 7. The van der Waals surface area contributed by atoms with Crippen LogP contribution >= 0.6 is 0 Å². The van der Waals surface area contributed by atoms with E-state index in [0.29, 0.717) is 34.2 Å². The Balaban J connectivity index is 1.73. The zero-order valence-electron chi connectivity index (χ0n) is 18.1. The van der Waals surface area contributed by atoms with E-state index >= 15 is 0 Å². The van der Waals surface area contributed by atoms with Gasteiger partial charge in [0.1, 0.15) is 0 Å². The molecule has 0 atom stereocenters. The van der Waals surface area contributed by atoms with Crippen LogP contribution in [-0.4, -0.2) is 44.8 Å². The highest BCUT2D eigenvalue weighted by Gasteiger charge is 2.19. The van der Waals surface area contributed by atoms with Gasteiger partial charge in [0.2, 0.25) is 5.75 Å². The van der Waals surface area contributed by atoms with E-state index in [4.69, 9.17) is 18.9 Å². The Morgan fingerprint density at radius 3 is 2.23 bits per heavy atom. The molecule has 0 radical (unpaired) electrons. The molecule has 1 N–H and O–H groups in total. The number of carbonyl (C=O) groups excluding carboxylic acids is 2. The van der Waals surface area contributed by atoms with Crippen molar-refractivity contribution in [3.05, 3.63) is 53.2 Å². The van der Waals surface area contributed by atoms with E-state index in [0.717, 1.165) is 16.5 Å². The van der Waals surface area contributed by atoms with Gasteiger partial charge in [-0.15, -0.1) is 0 Å². The number of amides is 1. The number of esters is 1. The molecule has 0 aliphatic heterocycles. The molecule has 3 aromatic rings. The summed E-state index contributed by atoms with van der Waals surface area (Å²) in [6.07, 6.45) is 0. The Morgan fingerprint density at radius 2 is 1.61 bits per heavy atom. The van der Waals surface area contributed by atoms with Crippen LogP contribution in [0.1, 0.15) is 21.6 Å². The number of hydrogen-bond donors (Lipinski definition) is 1. The minimum Gasteiger partial charge on any atom is -0.493 e. The monoisotopic (exact) mass is 424 g/mol. The van der Waals surface area contributed by atoms with Gasteiger partial charge in [-0.2, -0.15) is 0 Å². The van der Waals surface area contributed by atoms with Crippen molar-refractivity contribution in [2.75, 3.05) is 33.3 Å². The minimum absolute atomic E-state index is 0.360. The zero-order valence-corrected chi connectivity index (χ0v) is 18.1. The van der Waals surface area contributed by atoms with E-state index in [9.17, 15) is 9.59 Å². The number of fused-ring (bicyclic) bond motifs is 1. The van der Waals surface area contributed by atoms with Crippen LogP contribution in [0.15, 0.2) is 36.4 Å². The number of ether oxygens (including phenoxy) is 4. The standard InChI is InChI=1S/C23H24N2O6/c1-13-16-8-6-7-9-17(16)24-14(2)21(13)23(27)31-12-20(26)25-15-10-18(28-3)22(30-5)19(11-15)29-4/h6-11H,12H2,1-5H3,(H,25,26). The van der Waals surface area contributed by atoms with Gasteiger partial charge in [0.15, 0.2) is 18.1 Å². The predicted octanol–water partition coefficient (Wildman–Crippen LogP) is 3.67. The van der Waals surface area contributed by atoms with Crippen molar-refractivity contribution in [3.8, 4) is 17.2 Å². The van der Waals surface area contributed by atoms with Crippen LogP contribution in [-0.2, 0) is 9.53 Å². The zero-order chi connectivity index (χ0) is 22.5. The third-order valence-electron chi connectivity index (χ3n) is 4.82. The Hall–Kier alpha value is -3.81. The van der Waals surface area contributed by atoms with Gasteiger partial charge in [-0.05, 0) is 25.5 Å². The van der Waals surface area contributed by atoms with Gasteiger partial charge in [0.25, 0.3) is 5.91 Å². The number of aromatic nitrogens is 1. The van der Waals surface area contributed by atoms with Gasteiger partial charge in [0, 0.05) is 23.2 Å². The van der Waals surface area contributed by atoms with E-state index in [2.05, 4.69) is 10.3 Å². The molecule has 0 unspecified atom stereocenters. The summed E-state index contributed by atoms with van der Waals surface area (Å²) < 4.78 is 21.1. The van der Waals surface area contributed by atoms with E-state index in [1.807, 2.05) is 31.2 Å². The van der Waals surface area contributed by atoms with Gasteiger partial charge in [-0.3, -0.25) is 9.78 Å². The van der Waals surface area contributed by atoms with Crippen LogP contribution in [0.5, 0.6) is 17.2 Å². The molecule has 8 heteroatoms. The average molecular weight is 424 g/mol. The van der Waals surface area contributed by atoms with Crippen molar-refractivity contribution in [1.82, 2.24) is 4.98 Å². The van der Waals surface area contributed by atoms with E-state index in [-0.39, 0.29) is 0 Å². The van der Waals surface area contributed by atoms with Crippen molar-refractivity contribution in [2.24, 2.45) is 0 Å². The maximum Gasteiger partial charge on any atom is 0.340 e. The van der Waals surface area contributed by atoms with E-state index in [1.54, 1.807) is 19.1 Å². The second-order valence-electron chi connectivity index (χ2n) is 6.75. The Morgan fingerprint density at radius 1 is 0.968 bits per heavy atom. The SMILES string of the molecule is COc1cc(NC(=O)COC(=O)c2c(C)nc3ccccc3c2C)cc(OC)c1OC. The second kappa shape index (κ2) is 9.34. The number of carbonyl (C=O) groups is 2. The molecule has 31 heavy (non-hydrogen) atoms. The topological polar surface area (TPSA) is 96.0 Å². The molecule has 0 spiro atoms. The van der Waals surface area contributed by atoms with Crippen LogP contribution in [0.4, 0.5) is 5.69 Å². The van der Waals surface area contributed by atoms with Gasteiger partial charge >= 0.3 is 5.97 Å². The summed E-state index contributed by atoms with van der Waals surface area (Å²) in [5, 5.41) is 3.52. The molecular weight excluding hydrogens is 400 g/mol. The molecule has 2 aromatic carbocycles. The fraction of sp³-hybridized carbons (Fsp3) is 0.261. The van der Waals surface area contributed by atoms with Crippen LogP contribution in [0.2, 0.25) is 0 Å². The number of nitrogens with one attached hydrogen (secondary N) is 1. The van der Waals surface area contributed by atoms with E-state index < -0.39 is 18.5 Å². The summed E-state index contributed by atoms with van der Waals surface area (Å²) in [5.74, 6) is 0.0782. The molecule has 0 aliphatic carbocycles. The maximum absolute atomic E-state index is 12.7. The molecule has 0 fully saturated rings. The molecular formula is C23H24N2O6. The smallest absolute Gasteiger partial charge is 0.340 e. The van der Waals surface area contributed by atoms with Gasteiger partial charge in [-0.1, -0.05) is 18.2 Å². The number of benzene rings is 2. The lowest BCUT2D eigenvalue weighted by Crippen LogP contribution is -2.22. The van der Waals surface area contributed by atoms with Crippen LogP contribution in [0.3, 0.4) is 0 Å². The second-order valence-corrected chi connectivity index (χ2v) is 6.75. The predicted molar refractivity (Wildman–Crippen MR) is 116 cm³/mol. The molecule has 1 aromatic heterocycles. The Labute approximate surface area is 180 Å². The van der Waals surface area contributed by atoms with Gasteiger partial charge in [0.05, 0.1) is 38.1 Å². The fourth-order valence-corrected chi connectivity index (χ4v) is 3.39. The summed E-state index contributed by atoms with van der Waals surface area (Å²) in [5.41, 5.74) is 2.88. The summed E-state index contributed by atoms with van der Waals surface area (Å²) in [7, 11) is 4.45. The molecule has 0 saturated carbocycles. The first kappa shape index (κ1) is 21.9. The third kappa shape index (κ3) is 4.53. The molecule has 0 bridgehead atoms. The highest BCUT2D eigenvalue weighted by molar-refractivity contribution is 6.00. The van der Waals surface area contributed by atoms with Crippen molar-refractivity contribution >= 4 is 28.5 Å². The van der Waals surface area contributed by atoms with Crippen LogP contribution in [0, 0.1) is 13.8 Å². The van der Waals surface area contributed by atoms with Crippen LogP contribution < -0.4 is 19.5 Å². The van der Waals surface area contributed by atoms with Crippen molar-refractivity contribution in [2.45, 2.75) is 13.8 Å². The van der Waals surface area contributed by atoms with Gasteiger partial charge in [-0.25, -0.2) is 4.79 Å². The molecule has 8 nitrogen and oxygen atoms in total. The minimum atomic E-state index is -0.603. The van der Waals surface area contributed by atoms with E-state index in [1.165, 1.54) is 21.3 Å². The summed E-state index contributed by atoms with van der Waals surface area (Å²) in [6, 6.07) is 10.7. The number of para-hydroxylation sites is 1. The number of rotatable bonds is 7. The normalized spacial score (nSPS) is 10.5. The maximum atomic E-state index is 12.7. The van der Waals surface area contributed by atoms with Gasteiger partial charge < -0.3 is 24.3 Å². The fourth-order valence-electron chi connectivity index (χ4n) is 3.39. The Bertz CT molecular complexity index is 1120. The van der Waals surface area contributed by atoms with Crippen molar-refractivity contribution < 1.29 is 28.5 Å². The number of anilines is 1. The first-order valence-electron chi connectivity index (χ1n) is 9.52. The lowest BCUT2D eigenvalue weighted by Gasteiger charge is -2.15. The molecule has 1 heterocycles. The number of pyridine rings is 1. The summed E-state index contributed by atoms with van der Waals surface area (Å²) >= 11 is 0. The molecule has 3 rings (SSSR count). The third-order valence-corrected chi connectivity index (χ3v) is 4.82. The molecule has 1 amide bonds. The molecule has 0 saturated heterocycles. The number of nitrogens with zero attached hydrogens (tertiary/aromatic N) is 1. The highest BCUT2D eigenvalue weighted by atomic mass is 16.5. The largest absolute Gasteiger partial charge is 0.493 e. The molecule has 162 valence electrons. The summed E-state index contributed by atoms with van der Waals surface area (Å²) in [4.78, 5) is 29.5. The van der Waals surface area contributed by atoms with Crippen molar-refractivity contribution in [1.29, 1.82) is 0 Å². The van der Waals surface area contributed by atoms with Crippen molar-refractivity contribution in [3.63, 3.8) is 0 Å². The number of methoxy groups -OCH3 is 3. The Kier molecular flexibility index (Phi) is 6.59. The average Bonchev–Trinajstić information content (AvgIpc) is 2.76. The van der Waals surface area contributed by atoms with Crippen LogP contribution in [0.25, 0.3) is 10.9 Å². The first-order valence-corrected chi connectivity index (χ1v) is 9.52. The molecule has 0 aliphatic rings. The highest BCUT2D eigenvalue weighted by Crippen LogP contribution is 2.39. The summed E-state index contributed by atoms with van der Waals surface area (Å²) in [6.45, 7) is 3.12. The number of aryl methyl sites for hydroxylation is 2.